The van der Waals surface area contributed by atoms with Crippen LogP contribution in [0.3, 0.4) is 0 Å². The van der Waals surface area contributed by atoms with E-state index in [9.17, 15) is 9.59 Å². The van der Waals surface area contributed by atoms with Crippen molar-refractivity contribution in [3.63, 3.8) is 0 Å². The number of likely N-dealkylation sites (N-methyl/N-ethyl adjacent to an activating group) is 1. The molecule has 1 aliphatic carbocycles. The number of thiophene rings is 2. The second kappa shape index (κ2) is 7.86. The zero-order chi connectivity index (χ0) is 18.0. The van der Waals surface area contributed by atoms with Crippen molar-refractivity contribution in [2.24, 2.45) is 5.73 Å². The summed E-state index contributed by atoms with van der Waals surface area (Å²) in [5.74, 6) is -0.565. The fourth-order valence-corrected chi connectivity index (χ4v) is 5.68. The largest absolute Gasteiger partial charge is 0.365 e. The van der Waals surface area contributed by atoms with Crippen LogP contribution in [0.1, 0.15) is 38.5 Å². The summed E-state index contributed by atoms with van der Waals surface area (Å²) in [4.78, 5) is 27.6. The van der Waals surface area contributed by atoms with Gasteiger partial charge in [-0.3, -0.25) is 9.59 Å². The van der Waals surface area contributed by atoms with Gasteiger partial charge in [-0.1, -0.05) is 11.6 Å². The highest BCUT2D eigenvalue weighted by atomic mass is 35.5. The fourth-order valence-electron chi connectivity index (χ4n) is 3.17. The third-order valence-electron chi connectivity index (χ3n) is 4.24. The predicted molar refractivity (Wildman–Crippen MR) is 103 cm³/mol. The lowest BCUT2D eigenvalue weighted by atomic mass is 9.95. The van der Waals surface area contributed by atoms with E-state index in [2.05, 4.69) is 5.32 Å². The summed E-state index contributed by atoms with van der Waals surface area (Å²) < 4.78 is 0.752. The molecule has 0 aromatic carbocycles. The van der Waals surface area contributed by atoms with E-state index >= 15 is 0 Å². The number of halogens is 1. The minimum absolute atomic E-state index is 0.110. The molecule has 0 aliphatic heterocycles. The molecule has 2 aromatic rings. The monoisotopic (exact) mass is 398 g/mol. The number of primary amides is 1. The Bertz CT molecular complexity index is 800. The minimum atomic E-state index is -0.455. The van der Waals surface area contributed by atoms with Crippen molar-refractivity contribution < 1.29 is 14.5 Å². The topological polar surface area (TPSA) is 76.6 Å². The molecule has 4 N–H and O–H groups in total. The first kappa shape index (κ1) is 18.4. The highest BCUT2D eigenvalue weighted by molar-refractivity contribution is 7.17. The summed E-state index contributed by atoms with van der Waals surface area (Å²) in [5, 5.41) is 3.51. The number of aryl methyl sites for hydroxylation is 1. The van der Waals surface area contributed by atoms with Crippen LogP contribution >= 0.6 is 34.3 Å². The number of fused-ring (bicyclic) bond motifs is 1. The molecule has 5 nitrogen and oxygen atoms in total. The second-order valence-electron chi connectivity index (χ2n) is 6.34. The van der Waals surface area contributed by atoms with Crippen molar-refractivity contribution in [1.29, 1.82) is 0 Å². The third-order valence-corrected chi connectivity index (χ3v) is 6.68. The number of amides is 2. The minimum Gasteiger partial charge on any atom is -0.365 e. The molecule has 8 heteroatoms. The Morgan fingerprint density at radius 3 is 2.72 bits per heavy atom. The molecule has 2 amide bonds. The first-order valence-electron chi connectivity index (χ1n) is 8.23. The lowest BCUT2D eigenvalue weighted by Gasteiger charge is -2.13. The number of nitrogens with one attached hydrogen (secondary N) is 2. The predicted octanol–water partition coefficient (Wildman–Crippen LogP) is 2.09. The summed E-state index contributed by atoms with van der Waals surface area (Å²) >= 11 is 8.96. The van der Waals surface area contributed by atoms with Gasteiger partial charge in [-0.05, 0) is 43.4 Å². The molecule has 0 spiro atoms. The summed E-state index contributed by atoms with van der Waals surface area (Å²) in [7, 11) is 1.96. The highest BCUT2D eigenvalue weighted by Crippen LogP contribution is 2.37. The van der Waals surface area contributed by atoms with Crippen LogP contribution in [0.15, 0.2) is 12.1 Å². The average molecular weight is 399 g/mol. The van der Waals surface area contributed by atoms with Gasteiger partial charge in [-0.15, -0.1) is 22.7 Å². The van der Waals surface area contributed by atoms with E-state index in [-0.39, 0.29) is 5.91 Å². The van der Waals surface area contributed by atoms with Crippen LogP contribution in [0, 0.1) is 0 Å². The first-order valence-corrected chi connectivity index (χ1v) is 10.2. The van der Waals surface area contributed by atoms with E-state index in [0.29, 0.717) is 17.1 Å². The van der Waals surface area contributed by atoms with Gasteiger partial charge in [0.25, 0.3) is 11.8 Å². The Labute approximate surface area is 159 Å². The molecule has 1 atom stereocenters. The maximum atomic E-state index is 12.4. The van der Waals surface area contributed by atoms with E-state index in [1.54, 1.807) is 0 Å². The molecular weight excluding hydrogens is 378 g/mol. The summed E-state index contributed by atoms with van der Waals surface area (Å²) in [6.07, 6.45) is 4.01. The van der Waals surface area contributed by atoms with Crippen molar-refractivity contribution in [2.45, 2.75) is 32.2 Å². The molecule has 0 radical (unpaired) electrons. The standard InChI is InChI=1S/C17H20ClN3O2S2/c1-21(8-10-6-7-13(18)24-10)9-14(22)20-17-15(16(19)23)11-4-2-3-5-12(11)25-17/h6-7H,2-5,8-9H2,1H3,(H2,19,23)(H,20,22)/p+1. The number of rotatable bonds is 6. The molecule has 134 valence electrons. The van der Waals surface area contributed by atoms with E-state index < -0.39 is 5.91 Å². The molecule has 1 aliphatic rings. The smallest absolute Gasteiger partial charge is 0.280 e. The molecule has 0 fully saturated rings. The van der Waals surface area contributed by atoms with Gasteiger partial charge < -0.3 is 16.0 Å². The Balaban J connectivity index is 1.66. The van der Waals surface area contributed by atoms with Crippen molar-refractivity contribution >= 4 is 51.1 Å². The van der Waals surface area contributed by atoms with Gasteiger partial charge in [-0.25, -0.2) is 0 Å². The third kappa shape index (κ3) is 4.41. The fraction of sp³-hybridized carbons (Fsp3) is 0.412. The number of hydrogen-bond donors (Lipinski definition) is 3. The van der Waals surface area contributed by atoms with E-state index in [1.165, 1.54) is 27.6 Å². The van der Waals surface area contributed by atoms with E-state index in [4.69, 9.17) is 17.3 Å². The summed E-state index contributed by atoms with van der Waals surface area (Å²) in [5.41, 5.74) is 7.11. The van der Waals surface area contributed by atoms with Crippen molar-refractivity contribution in [3.8, 4) is 0 Å². The number of anilines is 1. The zero-order valence-corrected chi connectivity index (χ0v) is 16.4. The van der Waals surface area contributed by atoms with Gasteiger partial charge in [0.2, 0.25) is 0 Å². The Morgan fingerprint density at radius 2 is 2.04 bits per heavy atom. The van der Waals surface area contributed by atoms with Crippen LogP contribution < -0.4 is 16.0 Å². The normalized spacial score (nSPS) is 14.8. The van der Waals surface area contributed by atoms with Gasteiger partial charge in [0, 0.05) is 4.88 Å². The highest BCUT2D eigenvalue weighted by Gasteiger charge is 2.25. The number of hydrogen-bond acceptors (Lipinski definition) is 4. The van der Waals surface area contributed by atoms with Gasteiger partial charge in [0.1, 0.15) is 11.5 Å². The van der Waals surface area contributed by atoms with E-state index in [1.807, 2.05) is 19.2 Å². The Morgan fingerprint density at radius 1 is 1.28 bits per heavy atom. The molecule has 2 heterocycles. The Hall–Kier alpha value is -1.41. The van der Waals surface area contributed by atoms with Crippen molar-refractivity contribution in [3.05, 3.63) is 37.4 Å². The second-order valence-corrected chi connectivity index (χ2v) is 9.25. The maximum absolute atomic E-state index is 12.4. The molecule has 3 rings (SSSR count). The van der Waals surface area contributed by atoms with Gasteiger partial charge in [0.15, 0.2) is 6.54 Å². The molecule has 2 aromatic heterocycles. The maximum Gasteiger partial charge on any atom is 0.280 e. The SMILES string of the molecule is C[NH+](CC(=O)Nc1sc2c(c1C(N)=O)CCCC2)Cc1ccc(Cl)s1. The summed E-state index contributed by atoms with van der Waals surface area (Å²) in [6, 6.07) is 3.84. The molecular formula is C17H21ClN3O2S2+. The molecule has 1 unspecified atom stereocenters. The first-order chi connectivity index (χ1) is 11.9. The number of carbonyl (C=O) groups is 2. The molecule has 0 bridgehead atoms. The molecule has 25 heavy (non-hydrogen) atoms. The van der Waals surface area contributed by atoms with Gasteiger partial charge in [-0.2, -0.15) is 0 Å². The van der Waals surface area contributed by atoms with E-state index in [0.717, 1.165) is 51.9 Å². The Kier molecular flexibility index (Phi) is 5.78. The lowest BCUT2D eigenvalue weighted by molar-refractivity contribution is -0.884. The quantitative estimate of drug-likeness (QED) is 0.696. The van der Waals surface area contributed by atoms with Crippen molar-refractivity contribution in [1.82, 2.24) is 0 Å². The van der Waals surface area contributed by atoms with Crippen LogP contribution in [0.5, 0.6) is 0 Å². The van der Waals surface area contributed by atoms with Crippen LogP contribution in [0.2, 0.25) is 4.34 Å². The van der Waals surface area contributed by atoms with Crippen molar-refractivity contribution in [2.75, 3.05) is 18.9 Å². The zero-order valence-electron chi connectivity index (χ0n) is 14.0. The number of carbonyl (C=O) groups excluding carboxylic acids is 2. The van der Waals surface area contributed by atoms with Gasteiger partial charge in [0.05, 0.1) is 21.8 Å². The number of nitrogens with two attached hydrogens (primary N) is 1. The van der Waals surface area contributed by atoms with Gasteiger partial charge >= 0.3 is 0 Å². The van der Waals surface area contributed by atoms with Crippen LogP contribution in [-0.2, 0) is 24.2 Å². The molecule has 0 saturated heterocycles. The van der Waals surface area contributed by atoms with Crippen LogP contribution in [0.4, 0.5) is 5.00 Å². The number of quaternary nitrogens is 1. The lowest BCUT2D eigenvalue weighted by Crippen LogP contribution is -3.08. The van der Waals surface area contributed by atoms with Crippen LogP contribution in [-0.4, -0.2) is 25.4 Å². The molecule has 0 saturated carbocycles. The van der Waals surface area contributed by atoms with Crippen LogP contribution in [0.25, 0.3) is 0 Å². The average Bonchev–Trinajstić information content (AvgIpc) is 3.09. The summed E-state index contributed by atoms with van der Waals surface area (Å²) in [6.45, 7) is 1.05.